The Morgan fingerprint density at radius 3 is 2.44 bits per heavy atom. The number of pyridine rings is 1. The van der Waals surface area contributed by atoms with Crippen molar-refractivity contribution in [1.29, 1.82) is 0 Å². The van der Waals surface area contributed by atoms with E-state index < -0.39 is 4.92 Å². The molecule has 2 amide bonds. The molecule has 5 rings (SSSR count). The SMILES string of the molecule is CC(=O)N(CC(=O)N1CCN(Cc2ccc3c(c2)OCO3)CC1)c1ccc(Oc2ccc([N+](=O)[O-])cn2)cc1. The van der Waals surface area contributed by atoms with Crippen molar-refractivity contribution in [1.82, 2.24) is 14.8 Å². The number of fused-ring (bicyclic) bond motifs is 1. The summed E-state index contributed by atoms with van der Waals surface area (Å²) in [6, 6.07) is 15.3. The highest BCUT2D eigenvalue weighted by molar-refractivity contribution is 5.97. The zero-order valence-electron chi connectivity index (χ0n) is 21.3. The Morgan fingerprint density at radius 2 is 1.77 bits per heavy atom. The Morgan fingerprint density at radius 1 is 1.03 bits per heavy atom. The molecule has 0 bridgehead atoms. The first-order valence-corrected chi connectivity index (χ1v) is 12.4. The molecule has 0 radical (unpaired) electrons. The molecule has 3 heterocycles. The minimum atomic E-state index is -0.537. The molecule has 12 heteroatoms. The lowest BCUT2D eigenvalue weighted by atomic mass is 10.1. The normalized spacial score (nSPS) is 14.6. The topological polar surface area (TPSA) is 128 Å². The van der Waals surface area contributed by atoms with Crippen LogP contribution in [0, 0.1) is 10.1 Å². The average Bonchev–Trinajstić information content (AvgIpc) is 3.41. The van der Waals surface area contributed by atoms with Crippen molar-refractivity contribution in [2.45, 2.75) is 13.5 Å². The summed E-state index contributed by atoms with van der Waals surface area (Å²) in [5, 5.41) is 10.8. The van der Waals surface area contributed by atoms with Gasteiger partial charge in [0.25, 0.3) is 5.69 Å². The van der Waals surface area contributed by atoms with Gasteiger partial charge in [-0.2, -0.15) is 0 Å². The molecule has 0 atom stereocenters. The van der Waals surface area contributed by atoms with Crippen LogP contribution in [-0.4, -0.2) is 71.0 Å². The molecule has 1 saturated heterocycles. The Bertz CT molecular complexity index is 1360. The summed E-state index contributed by atoms with van der Waals surface area (Å²) in [5.74, 6) is 1.78. The van der Waals surface area contributed by atoms with Crippen molar-refractivity contribution in [3.05, 3.63) is 76.5 Å². The summed E-state index contributed by atoms with van der Waals surface area (Å²) >= 11 is 0. The largest absolute Gasteiger partial charge is 0.454 e. The second kappa shape index (κ2) is 11.4. The Labute approximate surface area is 224 Å². The minimum Gasteiger partial charge on any atom is -0.454 e. The standard InChI is InChI=1S/C27H27N5O7/c1-19(33)31(21-3-6-23(7-4-21)39-26-9-5-22(15-28-26)32(35)36)17-27(34)30-12-10-29(11-13-30)16-20-2-8-24-25(14-20)38-18-37-24/h2-9,14-15H,10-13,16-18H2,1H3. The fourth-order valence-corrected chi connectivity index (χ4v) is 4.43. The number of amides is 2. The Kier molecular flexibility index (Phi) is 7.55. The highest BCUT2D eigenvalue weighted by atomic mass is 16.7. The van der Waals surface area contributed by atoms with Gasteiger partial charge in [-0.15, -0.1) is 0 Å². The van der Waals surface area contributed by atoms with Gasteiger partial charge in [-0.3, -0.25) is 24.6 Å². The molecule has 1 aromatic heterocycles. The number of ether oxygens (including phenoxy) is 3. The third kappa shape index (κ3) is 6.24. The molecule has 0 unspecified atom stereocenters. The quantitative estimate of drug-likeness (QED) is 0.317. The molecule has 0 spiro atoms. The number of hydrogen-bond acceptors (Lipinski definition) is 9. The molecule has 202 valence electrons. The van der Waals surface area contributed by atoms with Gasteiger partial charge in [-0.05, 0) is 42.0 Å². The number of nitro groups is 1. The molecule has 39 heavy (non-hydrogen) atoms. The van der Waals surface area contributed by atoms with E-state index in [2.05, 4.69) is 9.88 Å². The van der Waals surface area contributed by atoms with Gasteiger partial charge in [-0.25, -0.2) is 4.98 Å². The van der Waals surface area contributed by atoms with Crippen LogP contribution < -0.4 is 19.1 Å². The van der Waals surface area contributed by atoms with Crippen LogP contribution in [0.15, 0.2) is 60.8 Å². The van der Waals surface area contributed by atoms with Gasteiger partial charge < -0.3 is 24.0 Å². The van der Waals surface area contributed by atoms with Crippen LogP contribution in [0.5, 0.6) is 23.1 Å². The van der Waals surface area contributed by atoms with E-state index in [1.807, 2.05) is 18.2 Å². The van der Waals surface area contributed by atoms with Crippen LogP contribution in [-0.2, 0) is 16.1 Å². The molecule has 1 fully saturated rings. The third-order valence-corrected chi connectivity index (χ3v) is 6.54. The molecule has 2 aliphatic heterocycles. The summed E-state index contributed by atoms with van der Waals surface area (Å²) in [4.78, 5) is 45.1. The van der Waals surface area contributed by atoms with Crippen LogP contribution in [0.25, 0.3) is 0 Å². The third-order valence-electron chi connectivity index (χ3n) is 6.54. The molecule has 12 nitrogen and oxygen atoms in total. The van der Waals surface area contributed by atoms with Crippen molar-refractivity contribution in [3.63, 3.8) is 0 Å². The van der Waals surface area contributed by atoms with Gasteiger partial charge in [-0.1, -0.05) is 6.07 Å². The van der Waals surface area contributed by atoms with E-state index in [1.165, 1.54) is 24.0 Å². The molecule has 0 N–H and O–H groups in total. The van der Waals surface area contributed by atoms with Gasteiger partial charge in [0.2, 0.25) is 24.5 Å². The number of piperazine rings is 1. The number of benzene rings is 2. The lowest BCUT2D eigenvalue weighted by Crippen LogP contribution is -2.51. The number of carbonyl (C=O) groups is 2. The maximum Gasteiger partial charge on any atom is 0.287 e. The number of carbonyl (C=O) groups excluding carboxylic acids is 2. The average molecular weight is 534 g/mol. The number of hydrogen-bond donors (Lipinski definition) is 0. The van der Waals surface area contributed by atoms with Gasteiger partial charge >= 0.3 is 0 Å². The lowest BCUT2D eigenvalue weighted by Gasteiger charge is -2.35. The van der Waals surface area contributed by atoms with Gasteiger partial charge in [0.05, 0.1) is 4.92 Å². The highest BCUT2D eigenvalue weighted by Crippen LogP contribution is 2.33. The first kappa shape index (κ1) is 25.9. The summed E-state index contributed by atoms with van der Waals surface area (Å²) in [6.07, 6.45) is 1.12. The predicted octanol–water partition coefficient (Wildman–Crippen LogP) is 3.21. The highest BCUT2D eigenvalue weighted by Gasteiger charge is 2.25. The van der Waals surface area contributed by atoms with Crippen LogP contribution in [0.4, 0.5) is 11.4 Å². The molecular formula is C27H27N5O7. The van der Waals surface area contributed by atoms with Crippen molar-refractivity contribution >= 4 is 23.2 Å². The summed E-state index contributed by atoms with van der Waals surface area (Å²) < 4.78 is 16.5. The number of anilines is 1. The van der Waals surface area contributed by atoms with Crippen LogP contribution in [0.1, 0.15) is 12.5 Å². The smallest absolute Gasteiger partial charge is 0.287 e. The second-order valence-electron chi connectivity index (χ2n) is 9.16. The van der Waals surface area contributed by atoms with Gasteiger partial charge in [0.1, 0.15) is 18.5 Å². The van der Waals surface area contributed by atoms with E-state index in [1.54, 1.807) is 29.2 Å². The summed E-state index contributed by atoms with van der Waals surface area (Å²) in [7, 11) is 0. The van der Waals surface area contributed by atoms with Crippen molar-refractivity contribution in [3.8, 4) is 23.1 Å². The first-order valence-electron chi connectivity index (χ1n) is 12.4. The van der Waals surface area contributed by atoms with Crippen molar-refractivity contribution < 1.29 is 28.7 Å². The fraction of sp³-hybridized carbons (Fsp3) is 0.296. The van der Waals surface area contributed by atoms with E-state index in [9.17, 15) is 19.7 Å². The first-order chi connectivity index (χ1) is 18.9. The predicted molar refractivity (Wildman–Crippen MR) is 140 cm³/mol. The van der Waals surface area contributed by atoms with E-state index >= 15 is 0 Å². The lowest BCUT2D eigenvalue weighted by molar-refractivity contribution is -0.385. The molecule has 0 saturated carbocycles. The molecule has 3 aromatic rings. The second-order valence-corrected chi connectivity index (χ2v) is 9.16. The molecule has 2 aromatic carbocycles. The molecular weight excluding hydrogens is 506 g/mol. The zero-order valence-corrected chi connectivity index (χ0v) is 21.3. The molecule has 0 aliphatic carbocycles. The Hall–Kier alpha value is -4.71. The monoisotopic (exact) mass is 533 g/mol. The van der Waals surface area contributed by atoms with E-state index in [-0.39, 0.29) is 36.7 Å². The summed E-state index contributed by atoms with van der Waals surface area (Å²) in [5.41, 5.74) is 1.55. The van der Waals surface area contributed by atoms with Crippen molar-refractivity contribution in [2.75, 3.05) is 44.4 Å². The zero-order chi connectivity index (χ0) is 27.4. The number of nitrogens with zero attached hydrogens (tertiary/aromatic N) is 5. The van der Waals surface area contributed by atoms with E-state index in [4.69, 9.17) is 14.2 Å². The maximum absolute atomic E-state index is 13.1. The van der Waals surface area contributed by atoms with Crippen LogP contribution >= 0.6 is 0 Å². The van der Waals surface area contributed by atoms with E-state index in [0.717, 1.165) is 42.9 Å². The molecule has 2 aliphatic rings. The van der Waals surface area contributed by atoms with E-state index in [0.29, 0.717) is 24.5 Å². The van der Waals surface area contributed by atoms with Crippen molar-refractivity contribution in [2.24, 2.45) is 0 Å². The van der Waals surface area contributed by atoms with Gasteiger partial charge in [0.15, 0.2) is 11.5 Å². The number of rotatable bonds is 8. The van der Waals surface area contributed by atoms with Crippen LogP contribution in [0.2, 0.25) is 0 Å². The number of aromatic nitrogens is 1. The van der Waals surface area contributed by atoms with Crippen LogP contribution in [0.3, 0.4) is 0 Å². The summed E-state index contributed by atoms with van der Waals surface area (Å²) in [6.45, 7) is 4.94. The Balaban J connectivity index is 1.14. The minimum absolute atomic E-state index is 0.0679. The van der Waals surface area contributed by atoms with Gasteiger partial charge in [0, 0.05) is 57.5 Å². The fourth-order valence-electron chi connectivity index (χ4n) is 4.43. The maximum atomic E-state index is 13.1.